The van der Waals surface area contributed by atoms with E-state index in [9.17, 15) is 34.5 Å². The van der Waals surface area contributed by atoms with Crippen LogP contribution in [0.5, 0.6) is 51.7 Å². The van der Waals surface area contributed by atoms with Gasteiger partial charge in [-0.1, -0.05) is 77.2 Å². The smallest absolute Gasteiger partial charge is 0.329 e. The highest BCUT2D eigenvalue weighted by Crippen LogP contribution is 2.43. The molecule has 2 heterocycles. The van der Waals surface area contributed by atoms with Crippen LogP contribution in [-0.4, -0.2) is 137 Å². The molecule has 0 bridgehead atoms. The lowest BCUT2D eigenvalue weighted by molar-refractivity contribution is -0.162. The van der Waals surface area contributed by atoms with E-state index in [4.69, 9.17) is 52.1 Å². The molecule has 0 radical (unpaired) electrons. The number of rotatable bonds is 34. The summed E-state index contributed by atoms with van der Waals surface area (Å²) in [5, 5.41) is 30.3. The third-order valence-corrected chi connectivity index (χ3v) is 18.0. The van der Waals surface area contributed by atoms with Crippen molar-refractivity contribution in [3.8, 4) is 51.7 Å². The number of methoxy groups -OCH3 is 7. The van der Waals surface area contributed by atoms with Crippen molar-refractivity contribution in [3.63, 3.8) is 0 Å². The van der Waals surface area contributed by atoms with E-state index in [1.54, 1.807) is 54.4 Å². The van der Waals surface area contributed by atoms with Crippen LogP contribution in [0.15, 0.2) is 109 Å². The maximum atomic E-state index is 14.7. The lowest BCUT2D eigenvalue weighted by atomic mass is 9.90. The molecule has 2 amide bonds. The van der Waals surface area contributed by atoms with Crippen LogP contribution < -0.4 is 42.6 Å². The maximum Gasteiger partial charge on any atom is 0.329 e. The fraction of sp³-hybridized carbons (Fsp3) is 0.481. The van der Waals surface area contributed by atoms with Gasteiger partial charge in [-0.2, -0.15) is 0 Å². The number of piperidine rings is 2. The molecule has 6 unspecified atom stereocenters. The van der Waals surface area contributed by atoms with Crippen LogP contribution in [0.3, 0.4) is 0 Å². The Hall–Kier alpha value is -8.72. The Morgan fingerprint density at radius 1 is 0.454 bits per heavy atom. The summed E-state index contributed by atoms with van der Waals surface area (Å²) in [6, 6.07) is 31.5. The number of amides is 2. The monoisotopic (exact) mass is 1340 g/mol. The summed E-state index contributed by atoms with van der Waals surface area (Å²) in [4.78, 5) is 62.1. The molecule has 2 saturated heterocycles. The lowest BCUT2D eigenvalue weighted by Crippen LogP contribution is -2.50. The number of hydrogen-bond donors (Lipinski definition) is 3. The molecule has 2 fully saturated rings. The second-order valence-corrected chi connectivity index (χ2v) is 23.8. The predicted octanol–water partition coefficient (Wildman–Crippen LogP) is 12.9. The zero-order chi connectivity index (χ0) is 68.0. The molecule has 2 aliphatic heterocycles. The molecule has 6 aromatic carbocycles. The quantitative estimate of drug-likeness (QED) is 0.0251. The van der Waals surface area contributed by atoms with Gasteiger partial charge in [0.2, 0.25) is 17.6 Å². The zero-order valence-corrected chi connectivity index (χ0v) is 56.4. The minimum Gasteiger partial charge on any atom is -0.493 e. The van der Waals surface area contributed by atoms with Crippen LogP contribution in [0, 0.1) is 0 Å². The van der Waals surface area contributed by atoms with Crippen LogP contribution in [0.1, 0.15) is 173 Å². The first-order chi connectivity index (χ1) is 46.2. The number of likely N-dealkylation sites (tertiary alicyclic amines) is 2. The van der Waals surface area contributed by atoms with E-state index in [2.05, 4.69) is 0 Å². The van der Waals surface area contributed by atoms with Gasteiger partial charge in [-0.15, -0.1) is 0 Å². The van der Waals surface area contributed by atoms with Crippen molar-refractivity contribution in [2.45, 2.75) is 168 Å². The molecule has 0 saturated carbocycles. The number of hydrogen-bond acceptors (Lipinski definition) is 18. The molecular formula is C77H102N2O18. The second kappa shape index (κ2) is 38.3. The summed E-state index contributed by atoms with van der Waals surface area (Å²) in [7, 11) is 10.8. The normalized spacial score (nSPS) is 15.6. The Morgan fingerprint density at radius 2 is 0.897 bits per heavy atom. The molecule has 6 atom stereocenters. The van der Waals surface area contributed by atoms with Crippen LogP contribution in [0.25, 0.3) is 0 Å². The number of nitrogens with zero attached hydrogens (tertiary/aromatic N) is 2. The Balaban J connectivity index is 0.00000743. The molecule has 528 valence electrons. The summed E-state index contributed by atoms with van der Waals surface area (Å²) in [5.74, 6) is 1.64. The first kappa shape index (κ1) is 77.3. The highest BCUT2D eigenvalue weighted by Gasteiger charge is 2.40. The third kappa shape index (κ3) is 19.3. The average molecular weight is 1340 g/mol. The summed E-state index contributed by atoms with van der Waals surface area (Å²) in [6.45, 7) is 4.35. The molecule has 0 spiro atoms. The summed E-state index contributed by atoms with van der Waals surface area (Å²) < 4.78 is 64.9. The molecule has 6 aromatic rings. The first-order valence-electron chi connectivity index (χ1n) is 32.9. The van der Waals surface area contributed by atoms with Crippen molar-refractivity contribution in [2.75, 3.05) is 76.1 Å². The largest absolute Gasteiger partial charge is 0.493 e. The van der Waals surface area contributed by atoms with Crippen LogP contribution >= 0.6 is 0 Å². The van der Waals surface area contributed by atoms with Crippen molar-refractivity contribution in [1.29, 1.82) is 0 Å². The van der Waals surface area contributed by atoms with Gasteiger partial charge in [0, 0.05) is 25.1 Å². The van der Waals surface area contributed by atoms with Crippen LogP contribution in [-0.2, 0) is 61.3 Å². The molecule has 20 heteroatoms. The molecule has 20 nitrogen and oxygen atoms in total. The topological polar surface area (TPSA) is 237 Å². The lowest BCUT2D eigenvalue weighted by Gasteiger charge is -2.37. The average Bonchev–Trinajstić information content (AvgIpc) is 0.838. The van der Waals surface area contributed by atoms with Crippen LogP contribution in [0.2, 0.25) is 0 Å². The van der Waals surface area contributed by atoms with Crippen LogP contribution in [0.4, 0.5) is 0 Å². The van der Waals surface area contributed by atoms with Gasteiger partial charge in [0.05, 0.1) is 94.6 Å². The summed E-state index contributed by atoms with van der Waals surface area (Å²) in [5.41, 5.74) is 6.25. The minimum absolute atomic E-state index is 0. The summed E-state index contributed by atoms with van der Waals surface area (Å²) in [6.07, 6.45) is 5.36. The van der Waals surface area contributed by atoms with E-state index < -0.39 is 48.1 Å². The minimum atomic E-state index is -0.854. The number of aryl methyl sites for hydroxylation is 2. The van der Waals surface area contributed by atoms with E-state index >= 15 is 0 Å². The van der Waals surface area contributed by atoms with Gasteiger partial charge in [-0.25, -0.2) is 9.59 Å². The Morgan fingerprint density at radius 3 is 1.34 bits per heavy atom. The van der Waals surface area contributed by atoms with Crippen molar-refractivity contribution < 1.29 is 86.6 Å². The predicted molar refractivity (Wildman–Crippen MR) is 370 cm³/mol. The number of esters is 2. The number of aliphatic hydroxyl groups excluding tert-OH is 3. The highest BCUT2D eigenvalue weighted by atomic mass is 16.6. The van der Waals surface area contributed by atoms with E-state index in [-0.39, 0.29) is 59.7 Å². The van der Waals surface area contributed by atoms with Crippen molar-refractivity contribution in [2.24, 2.45) is 0 Å². The highest BCUT2D eigenvalue weighted by molar-refractivity contribution is 5.90. The Bertz CT molecular complexity index is 3240. The van der Waals surface area contributed by atoms with Gasteiger partial charge in [-0.05, 0) is 182 Å². The fourth-order valence-corrected chi connectivity index (χ4v) is 12.9. The Labute approximate surface area is 572 Å². The fourth-order valence-electron chi connectivity index (χ4n) is 12.9. The molecule has 0 aliphatic carbocycles. The molecule has 3 N–H and O–H groups in total. The van der Waals surface area contributed by atoms with Crippen molar-refractivity contribution in [1.82, 2.24) is 9.80 Å². The maximum absolute atomic E-state index is 14.7. The summed E-state index contributed by atoms with van der Waals surface area (Å²) >= 11 is 0. The van der Waals surface area contributed by atoms with E-state index in [1.807, 2.05) is 92.7 Å². The van der Waals surface area contributed by atoms with Gasteiger partial charge >= 0.3 is 11.9 Å². The number of carbonyl (C=O) groups excluding carboxylic acids is 4. The third-order valence-electron chi connectivity index (χ3n) is 18.0. The van der Waals surface area contributed by atoms with E-state index in [1.165, 1.54) is 35.5 Å². The zero-order valence-electron chi connectivity index (χ0n) is 56.4. The first-order valence-corrected chi connectivity index (χ1v) is 32.9. The Kier molecular flexibility index (Phi) is 30.5. The second-order valence-electron chi connectivity index (χ2n) is 23.8. The van der Waals surface area contributed by atoms with Gasteiger partial charge in [0.1, 0.15) is 35.8 Å². The number of carbonyl (C=O) groups is 4. The van der Waals surface area contributed by atoms with Crippen molar-refractivity contribution in [3.05, 3.63) is 159 Å². The van der Waals surface area contributed by atoms with Gasteiger partial charge in [-0.3, -0.25) is 9.59 Å². The molecular weight excluding hydrogens is 1240 g/mol. The van der Waals surface area contributed by atoms with Gasteiger partial charge < -0.3 is 77.2 Å². The number of ether oxygens (including phenoxy) is 11. The molecule has 8 rings (SSSR count). The molecule has 0 aromatic heterocycles. The van der Waals surface area contributed by atoms with Gasteiger partial charge in [0.15, 0.2) is 34.5 Å². The van der Waals surface area contributed by atoms with E-state index in [0.717, 1.165) is 30.4 Å². The molecule has 97 heavy (non-hydrogen) atoms. The SMILES string of the molecule is C.C.CCC(C(=O)N1CCCCC1C(=O)OC(CCc1ccc(CO)c(CO)c1)c1cccc(OCCCOc2cccc(C(CCc3ccc(OC)c(OC)c3)OC(=O)C3CCCCN3C(=O)C(CC)c3cc(OC)c(OC)c(OC)c3)c2)c1)c1cc(CO)c(OC)c(OC)c1. The van der Waals surface area contributed by atoms with E-state index in [0.29, 0.717) is 168 Å². The number of benzene rings is 6. The van der Waals surface area contributed by atoms with Crippen molar-refractivity contribution >= 4 is 23.8 Å². The van der Waals surface area contributed by atoms with Gasteiger partial charge in [0.25, 0.3) is 0 Å². The standard InChI is InChI=1S/C75H94N2O18.2CH4/c1-10-59(53-39-56(47-80)70(90-8)67(42-53)87-5)72(81)76-33-14-12-23-61(76)74(83)94-63(30-26-48-25-29-52(45-78)55(37-48)46-79)50-19-16-21-57(40-50)92-35-18-36-93-58-22-17-20-51(41-58)64(31-27-49-28-32-65(85-3)66(38-49)86-4)95-75(84)62-24-13-15-34-77(62)73(82)60(11-2)54-43-68(88-6)71(91-9)69(44-54)89-7;;/h16-17,19-22,25,28-29,32,37-44,59-64,78-80H,10-15,18,23-24,26-27,30-31,33-36,45-47H2,1-9H3;2*1H4. The molecule has 2 aliphatic rings. The number of aliphatic hydroxyl groups is 3.